The maximum Gasteiger partial charge on any atom is 0.305 e. The smallest absolute Gasteiger partial charge is 0.305 e. The van der Waals surface area contributed by atoms with Gasteiger partial charge >= 0.3 is 5.97 Å². The topological polar surface area (TPSA) is 83.9 Å². The standard InChI is InChI=1S/C21H29NO5S2.Na/c1-3-27-20(24)8-6-4-5-7-14-22(29(2,25)26)16-17-9-11-18(12-10-17)21-19(23)13-15-28-21;/h9-13,15,23H,3-8,14,16H2,1-2H3;. The molecule has 1 aromatic heterocycles. The van der Waals surface area contributed by atoms with Gasteiger partial charge in [-0.2, -0.15) is 4.31 Å². The monoisotopic (exact) mass is 462 g/mol. The van der Waals surface area contributed by atoms with Crippen molar-refractivity contribution in [3.63, 3.8) is 0 Å². The molecule has 161 valence electrons. The quantitative estimate of drug-likeness (QED) is 0.293. The van der Waals surface area contributed by atoms with E-state index in [0.29, 0.717) is 26.1 Å². The summed E-state index contributed by atoms with van der Waals surface area (Å²) < 4.78 is 30.7. The van der Waals surface area contributed by atoms with Crippen LogP contribution in [-0.2, 0) is 26.1 Å². The van der Waals surface area contributed by atoms with Gasteiger partial charge in [0.2, 0.25) is 10.0 Å². The summed E-state index contributed by atoms with van der Waals surface area (Å²) in [6, 6.07) is 9.25. The molecule has 30 heavy (non-hydrogen) atoms. The average molecular weight is 463 g/mol. The molecule has 0 unspecified atom stereocenters. The normalized spacial score (nSPS) is 11.3. The number of ether oxygens (including phenoxy) is 1. The Morgan fingerprint density at radius 3 is 2.33 bits per heavy atom. The van der Waals surface area contributed by atoms with Gasteiger partial charge in [0.05, 0.1) is 17.7 Å². The van der Waals surface area contributed by atoms with E-state index >= 15 is 0 Å². The number of nitrogens with zero attached hydrogens (tertiary/aromatic N) is 1. The van der Waals surface area contributed by atoms with Crippen LogP contribution in [0.4, 0.5) is 0 Å². The van der Waals surface area contributed by atoms with Gasteiger partial charge in [0.1, 0.15) is 5.75 Å². The molecule has 0 spiro atoms. The van der Waals surface area contributed by atoms with E-state index in [1.807, 2.05) is 29.6 Å². The first-order valence-corrected chi connectivity index (χ1v) is 12.5. The molecule has 2 rings (SSSR count). The molecule has 0 fully saturated rings. The zero-order valence-corrected chi connectivity index (χ0v) is 21.6. The SMILES string of the molecule is CCOC(=O)CCCCCCN(Cc1ccc(-c2sccc2O)cc1)S(C)(=O)=O.[Na]. The molecule has 2 aromatic rings. The Hall–Kier alpha value is -0.900. The van der Waals surface area contributed by atoms with Gasteiger partial charge in [0.15, 0.2) is 0 Å². The number of benzene rings is 1. The van der Waals surface area contributed by atoms with Crippen LogP contribution < -0.4 is 0 Å². The van der Waals surface area contributed by atoms with Crippen molar-refractivity contribution in [1.29, 1.82) is 0 Å². The van der Waals surface area contributed by atoms with Crippen LogP contribution in [-0.4, -0.2) is 72.8 Å². The maximum atomic E-state index is 12.1. The predicted molar refractivity (Wildman–Crippen MR) is 122 cm³/mol. The summed E-state index contributed by atoms with van der Waals surface area (Å²) in [4.78, 5) is 12.1. The first-order valence-electron chi connectivity index (χ1n) is 9.77. The summed E-state index contributed by atoms with van der Waals surface area (Å²) in [5.74, 6) is 0.0769. The van der Waals surface area contributed by atoms with Crippen molar-refractivity contribution in [3.8, 4) is 16.2 Å². The van der Waals surface area contributed by atoms with Crippen molar-refractivity contribution < 1.29 is 23.1 Å². The molecule has 0 amide bonds. The largest absolute Gasteiger partial charge is 0.506 e. The minimum Gasteiger partial charge on any atom is -0.506 e. The fourth-order valence-electron chi connectivity index (χ4n) is 2.99. The van der Waals surface area contributed by atoms with Crippen LogP contribution >= 0.6 is 11.3 Å². The third kappa shape index (κ3) is 9.08. The van der Waals surface area contributed by atoms with Gasteiger partial charge in [-0.1, -0.05) is 37.1 Å². The van der Waals surface area contributed by atoms with Gasteiger partial charge < -0.3 is 9.84 Å². The predicted octanol–water partition coefficient (Wildman–Crippen LogP) is 4.02. The van der Waals surface area contributed by atoms with E-state index in [1.165, 1.54) is 21.9 Å². The molecular weight excluding hydrogens is 433 g/mol. The van der Waals surface area contributed by atoms with Crippen molar-refractivity contribution in [1.82, 2.24) is 4.31 Å². The van der Waals surface area contributed by atoms with E-state index in [0.717, 1.165) is 41.7 Å². The van der Waals surface area contributed by atoms with Crippen LogP contribution in [0.3, 0.4) is 0 Å². The molecule has 9 heteroatoms. The van der Waals surface area contributed by atoms with Crippen LogP contribution in [0.1, 0.15) is 44.6 Å². The molecule has 1 radical (unpaired) electrons. The van der Waals surface area contributed by atoms with Gasteiger partial charge in [-0.15, -0.1) is 11.3 Å². The van der Waals surface area contributed by atoms with E-state index < -0.39 is 10.0 Å². The van der Waals surface area contributed by atoms with E-state index in [1.54, 1.807) is 13.0 Å². The molecule has 0 bridgehead atoms. The molecule has 0 saturated heterocycles. The fourth-order valence-corrected chi connectivity index (χ4v) is 4.63. The zero-order valence-electron chi connectivity index (χ0n) is 18.0. The van der Waals surface area contributed by atoms with Crippen LogP contribution in [0.2, 0.25) is 0 Å². The summed E-state index contributed by atoms with van der Waals surface area (Å²) in [6.45, 7) is 2.96. The second kappa shape index (κ2) is 13.5. The summed E-state index contributed by atoms with van der Waals surface area (Å²) in [7, 11) is -3.32. The Morgan fingerprint density at radius 2 is 1.77 bits per heavy atom. The van der Waals surface area contributed by atoms with Gasteiger partial charge in [-0.25, -0.2) is 8.42 Å². The number of rotatable bonds is 12. The number of sulfonamides is 1. The third-order valence-electron chi connectivity index (χ3n) is 4.53. The molecule has 0 aliphatic carbocycles. The van der Waals surface area contributed by atoms with E-state index in [-0.39, 0.29) is 41.3 Å². The molecule has 1 heterocycles. The molecule has 0 aliphatic rings. The number of unbranched alkanes of at least 4 members (excludes halogenated alkanes) is 3. The van der Waals surface area contributed by atoms with Crippen LogP contribution in [0.25, 0.3) is 10.4 Å². The van der Waals surface area contributed by atoms with E-state index in [2.05, 4.69) is 0 Å². The third-order valence-corrected chi connectivity index (χ3v) is 6.73. The minimum absolute atomic E-state index is 0. The van der Waals surface area contributed by atoms with Crippen molar-refractivity contribution in [2.75, 3.05) is 19.4 Å². The first-order chi connectivity index (χ1) is 13.8. The molecule has 1 N–H and O–H groups in total. The van der Waals surface area contributed by atoms with Crippen molar-refractivity contribution in [3.05, 3.63) is 41.3 Å². The second-order valence-electron chi connectivity index (χ2n) is 6.90. The number of carbonyl (C=O) groups excluding carboxylic acids is 1. The van der Waals surface area contributed by atoms with E-state index in [9.17, 15) is 18.3 Å². The Labute approximate surface area is 205 Å². The second-order valence-corrected chi connectivity index (χ2v) is 9.80. The van der Waals surface area contributed by atoms with Gasteiger partial charge in [0.25, 0.3) is 0 Å². The van der Waals surface area contributed by atoms with Crippen LogP contribution in [0.5, 0.6) is 5.75 Å². The summed E-state index contributed by atoms with van der Waals surface area (Å²) in [5, 5.41) is 11.7. The average Bonchev–Trinajstić information content (AvgIpc) is 3.09. The summed E-state index contributed by atoms with van der Waals surface area (Å²) in [5.41, 5.74) is 1.81. The number of aromatic hydroxyl groups is 1. The minimum atomic E-state index is -3.32. The number of hydrogen-bond donors (Lipinski definition) is 1. The van der Waals surface area contributed by atoms with Crippen LogP contribution in [0.15, 0.2) is 35.7 Å². The molecule has 6 nitrogen and oxygen atoms in total. The Balaban J connectivity index is 0.00000450. The van der Waals surface area contributed by atoms with Gasteiger partial charge in [0, 0.05) is 49.1 Å². The molecule has 1 aromatic carbocycles. The molecule has 0 aliphatic heterocycles. The fraction of sp³-hybridized carbons (Fsp3) is 0.476. The van der Waals surface area contributed by atoms with Crippen molar-refractivity contribution >= 4 is 56.9 Å². The Kier molecular flexibility index (Phi) is 12.2. The summed E-state index contributed by atoms with van der Waals surface area (Å²) in [6.07, 6.45) is 4.88. The number of esters is 1. The Morgan fingerprint density at radius 1 is 1.10 bits per heavy atom. The molecular formula is C21H29NNaO5S2. The van der Waals surface area contributed by atoms with Crippen molar-refractivity contribution in [2.24, 2.45) is 0 Å². The zero-order chi connectivity index (χ0) is 21.3. The van der Waals surface area contributed by atoms with Crippen LogP contribution in [0, 0.1) is 0 Å². The van der Waals surface area contributed by atoms with Gasteiger partial charge in [-0.05, 0) is 42.3 Å². The van der Waals surface area contributed by atoms with E-state index in [4.69, 9.17) is 4.74 Å². The molecule has 0 atom stereocenters. The number of hydrogen-bond acceptors (Lipinski definition) is 6. The molecule has 0 saturated carbocycles. The summed E-state index contributed by atoms with van der Waals surface area (Å²) >= 11 is 1.46. The number of carbonyl (C=O) groups is 1. The first kappa shape index (κ1) is 27.1. The van der Waals surface area contributed by atoms with Crippen molar-refractivity contribution in [2.45, 2.75) is 45.6 Å². The Bertz CT molecular complexity index is 881. The number of thiophene rings is 1. The maximum absolute atomic E-state index is 12.1. The van der Waals surface area contributed by atoms with Gasteiger partial charge in [-0.3, -0.25) is 4.79 Å².